The topological polar surface area (TPSA) is 98.9 Å². The summed E-state index contributed by atoms with van der Waals surface area (Å²) >= 11 is 1.54. The van der Waals surface area contributed by atoms with Crippen molar-refractivity contribution in [2.24, 2.45) is 5.73 Å². The van der Waals surface area contributed by atoms with E-state index >= 15 is 0 Å². The number of rotatable bonds is 8. The zero-order valence-corrected chi connectivity index (χ0v) is 16.4. The number of nitrogens with two attached hydrogens (primary N) is 1. The summed E-state index contributed by atoms with van der Waals surface area (Å²) < 4.78 is 10.8. The summed E-state index contributed by atoms with van der Waals surface area (Å²) in [5.41, 5.74) is 8.78. The van der Waals surface area contributed by atoms with E-state index in [0.29, 0.717) is 24.7 Å². The van der Waals surface area contributed by atoms with E-state index in [1.807, 2.05) is 31.2 Å². The van der Waals surface area contributed by atoms with Gasteiger partial charge in [-0.2, -0.15) is 0 Å². The summed E-state index contributed by atoms with van der Waals surface area (Å²) in [5.74, 6) is 0.244. The van der Waals surface area contributed by atoms with Crippen molar-refractivity contribution in [2.45, 2.75) is 24.6 Å². The fraction of sp³-hybridized carbons (Fsp3) is 0.333. The lowest BCUT2D eigenvalue weighted by Crippen LogP contribution is -2.12. The van der Waals surface area contributed by atoms with Gasteiger partial charge in [-0.25, -0.2) is 4.79 Å². The van der Waals surface area contributed by atoms with Crippen LogP contribution in [0.25, 0.3) is 11.1 Å². The monoisotopic (exact) mass is 401 g/mol. The molecule has 1 fully saturated rings. The maximum atomic E-state index is 11.5. The predicted molar refractivity (Wildman–Crippen MR) is 109 cm³/mol. The van der Waals surface area contributed by atoms with Crippen LogP contribution in [0.1, 0.15) is 35.3 Å². The van der Waals surface area contributed by atoms with Gasteiger partial charge in [0.1, 0.15) is 11.0 Å². The molecular formula is C21H23NO5S. The van der Waals surface area contributed by atoms with Crippen LogP contribution in [0.2, 0.25) is 0 Å². The fourth-order valence-electron chi connectivity index (χ4n) is 3.07. The summed E-state index contributed by atoms with van der Waals surface area (Å²) in [7, 11) is 0. The standard InChI is InChI=1S/C21H23NO5S/c1-13(22)17-6-5-15(20(23)24)12-18(17)14-3-2-4-16(11-14)26-9-10-28-19-7-8-27-21(19)25/h2-6,11-13,19H,7-10,22H2,1H3,(H,23,24). The molecule has 0 radical (unpaired) electrons. The van der Waals surface area contributed by atoms with E-state index in [2.05, 4.69) is 0 Å². The van der Waals surface area contributed by atoms with E-state index in [1.54, 1.807) is 30.0 Å². The van der Waals surface area contributed by atoms with Crippen molar-refractivity contribution < 1.29 is 24.2 Å². The van der Waals surface area contributed by atoms with Gasteiger partial charge in [0, 0.05) is 18.2 Å². The minimum Gasteiger partial charge on any atom is -0.493 e. The Morgan fingerprint density at radius 3 is 2.86 bits per heavy atom. The normalized spacial score (nSPS) is 17.2. The smallest absolute Gasteiger partial charge is 0.335 e. The average molecular weight is 401 g/mol. The Bertz CT molecular complexity index is 868. The predicted octanol–water partition coefficient (Wildman–Crippen LogP) is 3.50. The lowest BCUT2D eigenvalue weighted by Gasteiger charge is -2.15. The van der Waals surface area contributed by atoms with Crippen LogP contribution < -0.4 is 10.5 Å². The van der Waals surface area contributed by atoms with Crippen molar-refractivity contribution in [3.8, 4) is 16.9 Å². The van der Waals surface area contributed by atoms with Crippen LogP contribution in [0.5, 0.6) is 5.75 Å². The Kier molecular flexibility index (Phi) is 6.59. The van der Waals surface area contributed by atoms with Crippen molar-refractivity contribution in [3.63, 3.8) is 0 Å². The first kappa shape index (κ1) is 20.2. The van der Waals surface area contributed by atoms with Gasteiger partial charge in [-0.15, -0.1) is 11.8 Å². The van der Waals surface area contributed by atoms with Crippen molar-refractivity contribution in [3.05, 3.63) is 53.6 Å². The minimum absolute atomic E-state index is 0.0951. The number of hydrogen-bond donors (Lipinski definition) is 2. The Morgan fingerprint density at radius 1 is 1.36 bits per heavy atom. The van der Waals surface area contributed by atoms with E-state index in [4.69, 9.17) is 15.2 Å². The summed E-state index contributed by atoms with van der Waals surface area (Å²) in [5, 5.41) is 9.21. The molecule has 1 aliphatic rings. The van der Waals surface area contributed by atoms with E-state index in [9.17, 15) is 14.7 Å². The molecule has 28 heavy (non-hydrogen) atoms. The van der Waals surface area contributed by atoms with E-state index in [-0.39, 0.29) is 22.8 Å². The number of carboxylic acid groups (broad SMARTS) is 1. The van der Waals surface area contributed by atoms with Gasteiger partial charge in [-0.05, 0) is 47.9 Å². The van der Waals surface area contributed by atoms with Crippen molar-refractivity contribution in [2.75, 3.05) is 19.0 Å². The average Bonchev–Trinajstić information content (AvgIpc) is 3.09. The number of esters is 1. The number of cyclic esters (lactones) is 1. The second kappa shape index (κ2) is 9.12. The molecule has 2 aromatic rings. The molecule has 7 heteroatoms. The summed E-state index contributed by atoms with van der Waals surface area (Å²) in [6.45, 7) is 2.83. The van der Waals surface area contributed by atoms with Crippen LogP contribution in [0.15, 0.2) is 42.5 Å². The molecule has 0 bridgehead atoms. The Hall–Kier alpha value is -2.51. The third kappa shape index (κ3) is 4.85. The Labute approximate surface area is 168 Å². The van der Waals surface area contributed by atoms with Crippen LogP contribution in [0, 0.1) is 0 Å². The summed E-state index contributed by atoms with van der Waals surface area (Å²) in [6, 6.07) is 12.2. The van der Waals surface area contributed by atoms with Crippen molar-refractivity contribution in [1.29, 1.82) is 0 Å². The van der Waals surface area contributed by atoms with Crippen molar-refractivity contribution >= 4 is 23.7 Å². The fourth-order valence-corrected chi connectivity index (χ4v) is 4.00. The van der Waals surface area contributed by atoms with E-state index < -0.39 is 5.97 Å². The molecule has 3 rings (SSSR count). The molecule has 0 spiro atoms. The van der Waals surface area contributed by atoms with Gasteiger partial charge in [-0.3, -0.25) is 4.79 Å². The highest BCUT2D eigenvalue weighted by Gasteiger charge is 2.26. The van der Waals surface area contributed by atoms with Gasteiger partial charge >= 0.3 is 11.9 Å². The molecule has 0 aliphatic carbocycles. The van der Waals surface area contributed by atoms with E-state index in [1.165, 1.54) is 0 Å². The first-order valence-corrected chi connectivity index (χ1v) is 10.1. The van der Waals surface area contributed by atoms with Gasteiger partial charge < -0.3 is 20.3 Å². The van der Waals surface area contributed by atoms with Crippen LogP contribution >= 0.6 is 11.8 Å². The van der Waals surface area contributed by atoms with Gasteiger partial charge in [-0.1, -0.05) is 18.2 Å². The summed E-state index contributed by atoms with van der Waals surface area (Å²) in [6.07, 6.45) is 0.749. The molecule has 2 atom stereocenters. The molecule has 0 aromatic heterocycles. The molecular weight excluding hydrogens is 378 g/mol. The minimum atomic E-state index is -0.979. The maximum absolute atomic E-state index is 11.5. The SMILES string of the molecule is CC(N)c1ccc(C(=O)O)cc1-c1cccc(OCCSC2CCOC2=O)c1. The largest absolute Gasteiger partial charge is 0.493 e. The second-order valence-corrected chi connectivity index (χ2v) is 7.90. The molecule has 0 amide bonds. The van der Waals surface area contributed by atoms with Crippen LogP contribution in [0.3, 0.4) is 0 Å². The molecule has 3 N–H and O–H groups in total. The highest BCUT2D eigenvalue weighted by atomic mass is 32.2. The molecule has 148 valence electrons. The molecule has 1 aliphatic heterocycles. The molecule has 6 nitrogen and oxygen atoms in total. The zero-order valence-electron chi connectivity index (χ0n) is 15.6. The van der Waals surface area contributed by atoms with Crippen LogP contribution in [-0.2, 0) is 9.53 Å². The number of aromatic carboxylic acids is 1. The number of carbonyl (C=O) groups is 2. The third-order valence-electron chi connectivity index (χ3n) is 4.49. The number of carbonyl (C=O) groups excluding carboxylic acids is 1. The second-order valence-electron chi connectivity index (χ2n) is 6.59. The highest BCUT2D eigenvalue weighted by Crippen LogP contribution is 2.31. The first-order valence-electron chi connectivity index (χ1n) is 9.10. The van der Waals surface area contributed by atoms with Gasteiger partial charge in [0.15, 0.2) is 0 Å². The van der Waals surface area contributed by atoms with Crippen LogP contribution in [-0.4, -0.2) is 41.3 Å². The number of hydrogen-bond acceptors (Lipinski definition) is 6. The zero-order chi connectivity index (χ0) is 20.1. The Balaban J connectivity index is 1.71. The molecule has 1 heterocycles. The highest BCUT2D eigenvalue weighted by molar-refractivity contribution is 8.00. The molecule has 2 aromatic carbocycles. The quantitative estimate of drug-likeness (QED) is 0.516. The lowest BCUT2D eigenvalue weighted by atomic mass is 9.94. The third-order valence-corrected chi connectivity index (χ3v) is 5.73. The van der Waals surface area contributed by atoms with Gasteiger partial charge in [0.05, 0.1) is 18.8 Å². The number of carboxylic acids is 1. The van der Waals surface area contributed by atoms with E-state index in [0.717, 1.165) is 23.1 Å². The number of thioether (sulfide) groups is 1. The van der Waals surface area contributed by atoms with Gasteiger partial charge in [0.2, 0.25) is 0 Å². The molecule has 0 saturated carbocycles. The molecule has 1 saturated heterocycles. The lowest BCUT2D eigenvalue weighted by molar-refractivity contribution is -0.137. The molecule has 2 unspecified atom stereocenters. The number of ether oxygens (including phenoxy) is 2. The van der Waals surface area contributed by atoms with Gasteiger partial charge in [0.25, 0.3) is 0 Å². The van der Waals surface area contributed by atoms with Crippen molar-refractivity contribution in [1.82, 2.24) is 0 Å². The summed E-state index contributed by atoms with van der Waals surface area (Å²) in [4.78, 5) is 22.8. The first-order chi connectivity index (χ1) is 13.5. The van der Waals surface area contributed by atoms with Crippen LogP contribution in [0.4, 0.5) is 0 Å². The number of benzene rings is 2. The Morgan fingerprint density at radius 2 is 2.18 bits per heavy atom. The maximum Gasteiger partial charge on any atom is 0.335 e.